The zero-order chi connectivity index (χ0) is 21.0. The average Bonchev–Trinajstić information content (AvgIpc) is 3.32. The molecule has 0 fully saturated rings. The van der Waals surface area contributed by atoms with Crippen LogP contribution in [-0.4, -0.2) is 36.0 Å². The molecule has 4 N–H and O–H groups in total. The zero-order valence-corrected chi connectivity index (χ0v) is 17.1. The molecule has 1 unspecified atom stereocenters. The van der Waals surface area contributed by atoms with E-state index in [1.54, 1.807) is 24.3 Å². The number of sulfonamides is 1. The van der Waals surface area contributed by atoms with Crippen molar-refractivity contribution in [2.24, 2.45) is 5.73 Å². The first-order chi connectivity index (χ1) is 13.8. The standard InChI is InChI=1S/C18H20FN5O3S2/c1-29(26,27)23-14-4-2-13(3-5-14)16-6-7-17(28-16)15(8-12(9-19)10-20)24-11-21-22-18(24)25/h2-7,9,11,15,23H,8,10,20H2,1H3,(H,22,25)/b12-9+. The topological polar surface area (TPSA) is 123 Å². The van der Waals surface area contributed by atoms with Crippen molar-refractivity contribution in [3.8, 4) is 10.4 Å². The van der Waals surface area contributed by atoms with Gasteiger partial charge in [0.1, 0.15) is 6.33 Å². The molecule has 3 aromatic rings. The van der Waals surface area contributed by atoms with Crippen molar-refractivity contribution < 1.29 is 12.8 Å². The lowest BCUT2D eigenvalue weighted by molar-refractivity contribution is 0.556. The monoisotopic (exact) mass is 437 g/mol. The highest BCUT2D eigenvalue weighted by molar-refractivity contribution is 7.92. The summed E-state index contributed by atoms with van der Waals surface area (Å²) in [7, 11) is -3.34. The SMILES string of the molecule is CS(=O)(=O)Nc1ccc(-c2ccc(C(C/C(=C\F)CN)n3cn[nH]c3=O)s2)cc1. The van der Waals surface area contributed by atoms with Crippen LogP contribution in [0.1, 0.15) is 17.3 Å². The van der Waals surface area contributed by atoms with E-state index in [2.05, 4.69) is 14.9 Å². The number of nitrogens with two attached hydrogens (primary N) is 1. The number of halogens is 1. The normalized spacial score (nSPS) is 13.4. The molecule has 1 atom stereocenters. The first-order valence-corrected chi connectivity index (χ1v) is 11.3. The highest BCUT2D eigenvalue weighted by atomic mass is 32.2. The third-order valence-corrected chi connectivity index (χ3v) is 6.05. The Hall–Kier alpha value is -2.76. The van der Waals surface area contributed by atoms with E-state index in [0.29, 0.717) is 17.6 Å². The van der Waals surface area contributed by atoms with Crippen LogP contribution >= 0.6 is 11.3 Å². The van der Waals surface area contributed by atoms with Crippen molar-refractivity contribution in [2.45, 2.75) is 12.5 Å². The Bertz CT molecular complexity index is 1160. The summed E-state index contributed by atoms with van der Waals surface area (Å²) in [5, 5.41) is 6.11. The lowest BCUT2D eigenvalue weighted by atomic mass is 10.1. The second-order valence-electron chi connectivity index (χ2n) is 6.41. The lowest BCUT2D eigenvalue weighted by Crippen LogP contribution is -2.23. The number of thiophene rings is 1. The van der Waals surface area contributed by atoms with Gasteiger partial charge in [-0.05, 0) is 41.8 Å². The molecule has 2 aromatic heterocycles. The van der Waals surface area contributed by atoms with E-state index in [0.717, 1.165) is 21.6 Å². The molecule has 0 amide bonds. The molecule has 8 nitrogen and oxygen atoms in total. The molecule has 11 heteroatoms. The molecular weight excluding hydrogens is 417 g/mol. The number of nitrogens with zero attached hydrogens (tertiary/aromatic N) is 2. The van der Waals surface area contributed by atoms with Crippen LogP contribution < -0.4 is 16.1 Å². The van der Waals surface area contributed by atoms with Gasteiger partial charge in [0.05, 0.1) is 18.6 Å². The molecule has 0 radical (unpaired) electrons. The maximum Gasteiger partial charge on any atom is 0.343 e. The molecule has 0 saturated carbocycles. The third kappa shape index (κ3) is 5.19. The summed E-state index contributed by atoms with van der Waals surface area (Å²) in [5.41, 5.74) is 6.94. The fraction of sp³-hybridized carbons (Fsp3) is 0.222. The van der Waals surface area contributed by atoms with Gasteiger partial charge in [-0.3, -0.25) is 9.29 Å². The quantitative estimate of drug-likeness (QED) is 0.500. The zero-order valence-electron chi connectivity index (χ0n) is 15.5. The molecular formula is C18H20FN5O3S2. The predicted molar refractivity (Wildman–Crippen MR) is 112 cm³/mol. The second-order valence-corrected chi connectivity index (χ2v) is 9.28. The fourth-order valence-corrected chi connectivity index (χ4v) is 4.52. The summed E-state index contributed by atoms with van der Waals surface area (Å²) in [6, 6.07) is 10.3. The van der Waals surface area contributed by atoms with Crippen molar-refractivity contribution in [1.82, 2.24) is 14.8 Å². The number of anilines is 1. The van der Waals surface area contributed by atoms with Gasteiger partial charge in [-0.1, -0.05) is 12.1 Å². The van der Waals surface area contributed by atoms with E-state index < -0.39 is 21.8 Å². The number of benzene rings is 1. The Kier molecular flexibility index (Phi) is 6.30. The predicted octanol–water partition coefficient (Wildman–Crippen LogP) is 2.46. The molecule has 0 aliphatic carbocycles. The highest BCUT2D eigenvalue weighted by Gasteiger charge is 2.20. The van der Waals surface area contributed by atoms with E-state index in [-0.39, 0.29) is 13.0 Å². The van der Waals surface area contributed by atoms with Gasteiger partial charge < -0.3 is 5.73 Å². The Balaban J connectivity index is 1.91. The van der Waals surface area contributed by atoms with E-state index in [1.807, 2.05) is 12.1 Å². The molecule has 29 heavy (non-hydrogen) atoms. The van der Waals surface area contributed by atoms with Crippen LogP contribution in [0.2, 0.25) is 0 Å². The van der Waals surface area contributed by atoms with Crippen LogP contribution in [0.25, 0.3) is 10.4 Å². The number of rotatable bonds is 8. The van der Waals surface area contributed by atoms with Gasteiger partial charge in [-0.25, -0.2) is 22.7 Å². The molecule has 0 bridgehead atoms. The minimum absolute atomic E-state index is 0.0482. The van der Waals surface area contributed by atoms with Crippen LogP contribution in [0, 0.1) is 0 Å². The summed E-state index contributed by atoms with van der Waals surface area (Å²) in [6.07, 6.45) is 3.18. The number of hydrogen-bond donors (Lipinski definition) is 3. The minimum atomic E-state index is -3.34. The van der Waals surface area contributed by atoms with Crippen molar-refractivity contribution in [2.75, 3.05) is 17.5 Å². The van der Waals surface area contributed by atoms with Gasteiger partial charge in [0.15, 0.2) is 0 Å². The summed E-state index contributed by atoms with van der Waals surface area (Å²) < 4.78 is 39.6. The summed E-state index contributed by atoms with van der Waals surface area (Å²) in [4.78, 5) is 13.8. The van der Waals surface area contributed by atoms with Crippen LogP contribution in [-0.2, 0) is 10.0 Å². The molecule has 0 saturated heterocycles. The van der Waals surface area contributed by atoms with Gasteiger partial charge in [0.25, 0.3) is 0 Å². The van der Waals surface area contributed by atoms with Gasteiger partial charge >= 0.3 is 5.69 Å². The van der Waals surface area contributed by atoms with Crippen molar-refractivity contribution >= 4 is 27.0 Å². The Morgan fingerprint density at radius 2 is 2.07 bits per heavy atom. The maximum absolute atomic E-state index is 13.1. The number of hydrogen-bond acceptors (Lipinski definition) is 6. The van der Waals surface area contributed by atoms with E-state index in [4.69, 9.17) is 5.73 Å². The average molecular weight is 438 g/mol. The maximum atomic E-state index is 13.1. The van der Waals surface area contributed by atoms with Gasteiger partial charge in [0.2, 0.25) is 10.0 Å². The van der Waals surface area contributed by atoms with E-state index >= 15 is 0 Å². The second kappa shape index (κ2) is 8.72. The van der Waals surface area contributed by atoms with Crippen molar-refractivity contribution in [3.05, 3.63) is 70.0 Å². The van der Waals surface area contributed by atoms with Gasteiger partial charge in [-0.2, -0.15) is 5.10 Å². The van der Waals surface area contributed by atoms with Crippen LogP contribution in [0.5, 0.6) is 0 Å². The van der Waals surface area contributed by atoms with Crippen LogP contribution in [0.3, 0.4) is 0 Å². The van der Waals surface area contributed by atoms with Gasteiger partial charge in [0, 0.05) is 22.0 Å². The number of aromatic amines is 1. The number of nitrogens with one attached hydrogen (secondary N) is 2. The summed E-state index contributed by atoms with van der Waals surface area (Å²) >= 11 is 1.45. The Labute approximate surface area is 170 Å². The molecule has 1 aromatic carbocycles. The number of H-pyrrole nitrogens is 1. The molecule has 2 heterocycles. The largest absolute Gasteiger partial charge is 0.343 e. The smallest absolute Gasteiger partial charge is 0.327 e. The van der Waals surface area contributed by atoms with Crippen molar-refractivity contribution in [1.29, 1.82) is 0 Å². The highest BCUT2D eigenvalue weighted by Crippen LogP contribution is 2.35. The van der Waals surface area contributed by atoms with E-state index in [1.165, 1.54) is 22.2 Å². The molecule has 0 aliphatic rings. The van der Waals surface area contributed by atoms with Crippen molar-refractivity contribution in [3.63, 3.8) is 0 Å². The molecule has 154 valence electrons. The molecule has 0 aliphatic heterocycles. The Morgan fingerprint density at radius 1 is 1.34 bits per heavy atom. The van der Waals surface area contributed by atoms with Crippen LogP contribution in [0.4, 0.5) is 10.1 Å². The molecule has 3 rings (SSSR count). The molecule has 0 spiro atoms. The Morgan fingerprint density at radius 3 is 2.62 bits per heavy atom. The third-order valence-electron chi connectivity index (χ3n) is 4.21. The number of aromatic nitrogens is 3. The van der Waals surface area contributed by atoms with Crippen LogP contribution in [0.15, 0.2) is 59.4 Å². The first-order valence-electron chi connectivity index (χ1n) is 8.58. The summed E-state index contributed by atoms with van der Waals surface area (Å²) in [5.74, 6) is 0. The minimum Gasteiger partial charge on any atom is -0.327 e. The lowest BCUT2D eigenvalue weighted by Gasteiger charge is -2.16. The van der Waals surface area contributed by atoms with E-state index in [9.17, 15) is 17.6 Å². The first kappa shape index (κ1) is 21.0. The summed E-state index contributed by atoms with van der Waals surface area (Å²) in [6.45, 7) is 0.0482. The van der Waals surface area contributed by atoms with Gasteiger partial charge in [-0.15, -0.1) is 11.3 Å². The fourth-order valence-electron chi connectivity index (χ4n) is 2.84.